The van der Waals surface area contributed by atoms with Gasteiger partial charge in [0.05, 0.1) is 11.8 Å². The summed E-state index contributed by atoms with van der Waals surface area (Å²) in [5.41, 5.74) is 2.74. The van der Waals surface area contributed by atoms with Crippen molar-refractivity contribution in [2.45, 2.75) is 55.0 Å². The number of methoxy groups -OCH3 is 1. The molecule has 0 amide bonds. The Kier molecular flexibility index (Phi) is 6.82. The van der Waals surface area contributed by atoms with E-state index in [1.54, 1.807) is 11.4 Å². The van der Waals surface area contributed by atoms with Gasteiger partial charge in [0, 0.05) is 37.7 Å². The molecule has 0 N–H and O–H groups in total. The van der Waals surface area contributed by atoms with E-state index in [2.05, 4.69) is 17.5 Å². The number of rotatable bonds is 9. The number of carbonyl (C=O) groups is 1. The Bertz CT molecular complexity index is 1380. The number of carbonyl (C=O) groups excluding carboxylic acids is 1. The number of nitrogens with zero attached hydrogens (tertiary/aromatic N) is 2. The Morgan fingerprint density at radius 3 is 2.77 bits per heavy atom. The third kappa shape index (κ3) is 4.22. The van der Waals surface area contributed by atoms with Gasteiger partial charge in [0.25, 0.3) is 0 Å². The predicted octanol–water partition coefficient (Wildman–Crippen LogP) is 3.29. The average molecular weight is 553 g/mol. The van der Waals surface area contributed by atoms with E-state index in [1.165, 1.54) is 12.7 Å². The second-order valence-electron chi connectivity index (χ2n) is 11.2. The highest BCUT2D eigenvalue weighted by atomic mass is 32.2. The Hall–Kier alpha value is -2.72. The highest BCUT2D eigenvalue weighted by Gasteiger charge is 2.66. The summed E-state index contributed by atoms with van der Waals surface area (Å²) >= 11 is 0. The zero-order valence-electron chi connectivity index (χ0n) is 22.5. The molecule has 0 aromatic heterocycles. The molecule has 208 valence electrons. The van der Waals surface area contributed by atoms with E-state index in [4.69, 9.17) is 14.2 Å². The summed E-state index contributed by atoms with van der Waals surface area (Å²) in [5, 5.41) is 0. The lowest BCUT2D eigenvalue weighted by Gasteiger charge is -2.60. The first-order valence-corrected chi connectivity index (χ1v) is 15.3. The quantitative estimate of drug-likeness (QED) is 0.268. The monoisotopic (exact) mass is 552 g/mol. The van der Waals surface area contributed by atoms with Crippen molar-refractivity contribution in [3.63, 3.8) is 0 Å². The first kappa shape index (κ1) is 26.5. The summed E-state index contributed by atoms with van der Waals surface area (Å²) in [5.74, 6) is 0.756. The molecular formula is C30H36N2O6S. The van der Waals surface area contributed by atoms with Crippen LogP contribution < -0.4 is 9.47 Å². The fraction of sp³-hybridized carbons (Fsp3) is 0.500. The Balaban J connectivity index is 1.41. The van der Waals surface area contributed by atoms with Crippen LogP contribution in [0, 0.1) is 5.92 Å². The van der Waals surface area contributed by atoms with Gasteiger partial charge in [-0.2, -0.15) is 4.31 Å². The van der Waals surface area contributed by atoms with Gasteiger partial charge < -0.3 is 14.2 Å². The fourth-order valence-electron chi connectivity index (χ4n) is 7.80. The molecule has 1 saturated carbocycles. The summed E-state index contributed by atoms with van der Waals surface area (Å²) in [6.45, 7) is 5.54. The number of likely N-dealkylation sites (N-methyl/N-ethyl adjacent to an activating group) is 1. The van der Waals surface area contributed by atoms with Crippen LogP contribution in [0.5, 0.6) is 11.5 Å². The summed E-state index contributed by atoms with van der Waals surface area (Å²) in [6.07, 6.45) is 4.96. The molecule has 4 aliphatic rings. The molecule has 1 saturated heterocycles. The van der Waals surface area contributed by atoms with Crippen molar-refractivity contribution >= 4 is 16.0 Å². The molecule has 39 heavy (non-hydrogen) atoms. The molecule has 9 heteroatoms. The number of hydrogen-bond donors (Lipinski definition) is 0. The molecule has 2 aliphatic heterocycles. The Labute approximate surface area is 230 Å². The van der Waals surface area contributed by atoms with E-state index in [0.29, 0.717) is 29.9 Å². The highest BCUT2D eigenvalue weighted by Crippen LogP contribution is 2.64. The topological polar surface area (TPSA) is 85.4 Å². The van der Waals surface area contributed by atoms with E-state index >= 15 is 0 Å². The molecule has 2 bridgehead atoms. The number of ether oxygens (including phenoxy) is 3. The van der Waals surface area contributed by atoms with Gasteiger partial charge in [-0.1, -0.05) is 42.5 Å². The molecule has 2 heterocycles. The van der Waals surface area contributed by atoms with Crippen molar-refractivity contribution < 1.29 is 27.4 Å². The van der Waals surface area contributed by atoms with Gasteiger partial charge in [-0.3, -0.25) is 4.90 Å². The van der Waals surface area contributed by atoms with Crippen LogP contribution in [-0.4, -0.2) is 75.6 Å². The van der Waals surface area contributed by atoms with E-state index in [-0.39, 0.29) is 29.9 Å². The second kappa shape index (κ2) is 10.0. The predicted molar refractivity (Wildman–Crippen MR) is 147 cm³/mol. The molecule has 2 unspecified atom stereocenters. The first-order chi connectivity index (χ1) is 18.8. The second-order valence-corrected chi connectivity index (χ2v) is 13.3. The van der Waals surface area contributed by atoms with E-state index < -0.39 is 16.0 Å². The van der Waals surface area contributed by atoms with Crippen LogP contribution in [0.3, 0.4) is 0 Å². The third-order valence-electron chi connectivity index (χ3n) is 9.33. The average Bonchev–Trinajstić information content (AvgIpc) is 3.26. The molecule has 2 aliphatic carbocycles. The van der Waals surface area contributed by atoms with Gasteiger partial charge in [0.15, 0.2) is 11.5 Å². The van der Waals surface area contributed by atoms with Gasteiger partial charge in [0.1, 0.15) is 12.7 Å². The summed E-state index contributed by atoms with van der Waals surface area (Å²) in [7, 11) is -0.459. The van der Waals surface area contributed by atoms with Crippen LogP contribution in [-0.2, 0) is 37.1 Å². The molecule has 2 aromatic carbocycles. The summed E-state index contributed by atoms with van der Waals surface area (Å²) < 4.78 is 46.4. The van der Waals surface area contributed by atoms with Crippen molar-refractivity contribution in [2.75, 3.05) is 33.9 Å². The third-order valence-corrected chi connectivity index (χ3v) is 11.2. The first-order valence-electron chi connectivity index (χ1n) is 13.7. The van der Waals surface area contributed by atoms with Gasteiger partial charge in [-0.05, 0) is 55.3 Å². The number of likely N-dealkylation sites (tertiary alicyclic amines) is 1. The molecule has 1 spiro atoms. The Morgan fingerprint density at radius 1 is 1.23 bits per heavy atom. The SMILES string of the molecule is C=CCN1CC[C@]23c4c5ccc(OC(=O)COC)c4OC2C(N(C)S(=O)(=O)Cc2ccccc2)CC[C@H]3[C@H]1C5. The molecular weight excluding hydrogens is 516 g/mol. The zero-order chi connectivity index (χ0) is 27.4. The zero-order valence-corrected chi connectivity index (χ0v) is 23.4. The van der Waals surface area contributed by atoms with Crippen molar-refractivity contribution in [3.8, 4) is 11.5 Å². The molecule has 5 atom stereocenters. The maximum absolute atomic E-state index is 13.7. The minimum absolute atomic E-state index is 0.0577. The number of piperidine rings is 1. The maximum Gasteiger partial charge on any atom is 0.337 e. The van der Waals surface area contributed by atoms with Crippen LogP contribution >= 0.6 is 0 Å². The van der Waals surface area contributed by atoms with E-state index in [0.717, 1.165) is 43.5 Å². The van der Waals surface area contributed by atoms with E-state index in [1.807, 2.05) is 42.5 Å². The molecule has 8 nitrogen and oxygen atoms in total. The lowest BCUT2D eigenvalue weighted by atomic mass is 9.51. The smallest absolute Gasteiger partial charge is 0.337 e. The van der Waals surface area contributed by atoms with Gasteiger partial charge in [-0.25, -0.2) is 13.2 Å². The molecule has 2 aromatic rings. The van der Waals surface area contributed by atoms with Gasteiger partial charge >= 0.3 is 5.97 Å². The maximum atomic E-state index is 13.7. The van der Waals surface area contributed by atoms with Crippen LogP contribution in [0.1, 0.15) is 36.0 Å². The van der Waals surface area contributed by atoms with Crippen LogP contribution in [0.15, 0.2) is 55.1 Å². The largest absolute Gasteiger partial charge is 0.484 e. The number of esters is 1. The molecule has 6 rings (SSSR count). The normalized spacial score (nSPS) is 29.0. The van der Waals surface area contributed by atoms with Crippen molar-refractivity contribution in [2.24, 2.45) is 5.92 Å². The van der Waals surface area contributed by atoms with Gasteiger partial charge in [0.2, 0.25) is 10.0 Å². The van der Waals surface area contributed by atoms with Crippen LogP contribution in [0.4, 0.5) is 0 Å². The van der Waals surface area contributed by atoms with Crippen LogP contribution in [0.2, 0.25) is 0 Å². The van der Waals surface area contributed by atoms with Crippen molar-refractivity contribution in [3.05, 3.63) is 71.8 Å². The number of hydrogen-bond acceptors (Lipinski definition) is 7. The lowest BCUT2D eigenvalue weighted by Crippen LogP contribution is -2.68. The van der Waals surface area contributed by atoms with Crippen LogP contribution in [0.25, 0.3) is 0 Å². The highest BCUT2D eigenvalue weighted by molar-refractivity contribution is 7.88. The molecule has 2 fully saturated rings. The van der Waals surface area contributed by atoms with Crippen molar-refractivity contribution in [1.82, 2.24) is 9.21 Å². The Morgan fingerprint density at radius 2 is 2.03 bits per heavy atom. The number of sulfonamides is 1. The summed E-state index contributed by atoms with van der Waals surface area (Å²) in [6, 6.07) is 13.2. The summed E-state index contributed by atoms with van der Waals surface area (Å²) in [4.78, 5) is 14.9. The van der Waals surface area contributed by atoms with Crippen molar-refractivity contribution in [1.29, 1.82) is 0 Å². The lowest BCUT2D eigenvalue weighted by molar-refractivity contribution is -0.138. The van der Waals surface area contributed by atoms with Gasteiger partial charge in [-0.15, -0.1) is 6.58 Å². The molecule has 0 radical (unpaired) electrons. The standard InChI is InChI=1S/C30H36N2O6S/c1-4-15-32-16-14-30-22-11-12-23(31(2)39(34,35)19-20-8-6-5-7-9-20)29(30)38-28-25(37-26(33)18-36-3)13-10-21(27(28)30)17-24(22)32/h4-10,13,22-24,29H,1,11-12,14-19H2,2-3H3/t22-,23?,24+,29?,30-/m0/s1. The number of benzene rings is 2. The van der Waals surface area contributed by atoms with E-state index in [9.17, 15) is 13.2 Å². The fourth-order valence-corrected chi connectivity index (χ4v) is 9.24. The minimum Gasteiger partial charge on any atom is -0.484 e. The minimum atomic E-state index is -3.61.